The number of hydrogen-bond acceptors (Lipinski definition) is 4. The minimum absolute atomic E-state index is 0.00476. The molecule has 2 aliphatic carbocycles. The van der Waals surface area contributed by atoms with Crippen LogP contribution in [0.2, 0.25) is 5.02 Å². The third-order valence-electron chi connectivity index (χ3n) is 7.10. The van der Waals surface area contributed by atoms with E-state index in [0.29, 0.717) is 17.2 Å². The molecular formula is C27H35ClN2O4. The van der Waals surface area contributed by atoms with Crippen LogP contribution in [0.15, 0.2) is 47.9 Å². The van der Waals surface area contributed by atoms with E-state index in [0.717, 1.165) is 37.0 Å². The van der Waals surface area contributed by atoms with Crippen molar-refractivity contribution in [1.82, 2.24) is 10.2 Å². The van der Waals surface area contributed by atoms with E-state index in [9.17, 15) is 9.59 Å². The molecule has 3 aliphatic rings. The monoisotopic (exact) mass is 486 g/mol. The zero-order valence-corrected chi connectivity index (χ0v) is 21.2. The van der Waals surface area contributed by atoms with E-state index < -0.39 is 0 Å². The van der Waals surface area contributed by atoms with E-state index >= 15 is 0 Å². The maximum Gasteiger partial charge on any atom is 0.223 e. The predicted molar refractivity (Wildman–Crippen MR) is 132 cm³/mol. The summed E-state index contributed by atoms with van der Waals surface area (Å²) in [6, 6.07) is 8.05. The fourth-order valence-electron chi connectivity index (χ4n) is 5.72. The van der Waals surface area contributed by atoms with Gasteiger partial charge in [0.2, 0.25) is 11.8 Å². The van der Waals surface area contributed by atoms with Crippen LogP contribution in [0.1, 0.15) is 64.5 Å². The summed E-state index contributed by atoms with van der Waals surface area (Å²) in [6.45, 7) is 5.56. The van der Waals surface area contributed by atoms with Gasteiger partial charge in [-0.2, -0.15) is 0 Å². The van der Waals surface area contributed by atoms with E-state index in [-0.39, 0.29) is 47.9 Å². The molecule has 1 heterocycles. The van der Waals surface area contributed by atoms with E-state index in [1.54, 1.807) is 14.0 Å². The van der Waals surface area contributed by atoms with Crippen LogP contribution in [-0.2, 0) is 19.1 Å². The Balaban J connectivity index is 1.68. The van der Waals surface area contributed by atoms with Crippen LogP contribution < -0.4 is 5.32 Å². The van der Waals surface area contributed by atoms with Gasteiger partial charge in [-0.1, -0.05) is 23.7 Å². The standard InChI is InChI=1S/C27H35ClN2O4/c1-16(2)34-25-15-23-19(13-24(25)33-4)14-26(32)30(27(23)18-5-7-20(28)8-6-18)22-11-9-21(10-12-22)29-17(3)31/h5-8,13,15-16,19,21-23,27H,9-12,14H2,1-4H3,(H,29,31)/t19-,21-,22-,23?,27?/m1/s1. The van der Waals surface area contributed by atoms with Crippen molar-refractivity contribution in [3.8, 4) is 0 Å². The Kier molecular flexibility index (Phi) is 7.56. The number of nitrogens with one attached hydrogen (secondary N) is 1. The molecule has 2 fully saturated rings. The topological polar surface area (TPSA) is 67.9 Å². The second kappa shape index (κ2) is 10.4. The third-order valence-corrected chi connectivity index (χ3v) is 7.35. The van der Waals surface area contributed by atoms with Crippen molar-refractivity contribution in [2.75, 3.05) is 7.11 Å². The van der Waals surface area contributed by atoms with Crippen molar-refractivity contribution in [3.05, 3.63) is 58.5 Å². The van der Waals surface area contributed by atoms with Gasteiger partial charge in [0.1, 0.15) is 0 Å². The molecule has 2 amide bonds. The van der Waals surface area contributed by atoms with Crippen molar-refractivity contribution in [3.63, 3.8) is 0 Å². The second-order valence-corrected chi connectivity index (χ2v) is 10.3. The number of piperidine rings is 1. The van der Waals surface area contributed by atoms with E-state index in [4.69, 9.17) is 21.1 Å². The Bertz CT molecular complexity index is 963. The van der Waals surface area contributed by atoms with Crippen LogP contribution in [0.25, 0.3) is 0 Å². The highest BCUT2D eigenvalue weighted by molar-refractivity contribution is 6.30. The number of fused-ring (bicyclic) bond motifs is 1. The van der Waals surface area contributed by atoms with Gasteiger partial charge >= 0.3 is 0 Å². The molecule has 3 atom stereocenters. The van der Waals surface area contributed by atoms with Crippen molar-refractivity contribution >= 4 is 23.4 Å². The summed E-state index contributed by atoms with van der Waals surface area (Å²) in [5.74, 6) is 1.71. The molecule has 1 aliphatic heterocycles. The lowest BCUT2D eigenvalue weighted by Gasteiger charge is -2.50. The van der Waals surface area contributed by atoms with Crippen LogP contribution >= 0.6 is 11.6 Å². The van der Waals surface area contributed by atoms with Gasteiger partial charge in [-0.05, 0) is 75.3 Å². The molecule has 0 bridgehead atoms. The highest BCUT2D eigenvalue weighted by Crippen LogP contribution is 2.48. The number of hydrogen-bond donors (Lipinski definition) is 1. The second-order valence-electron chi connectivity index (χ2n) is 9.88. The number of likely N-dealkylation sites (tertiary alicyclic amines) is 1. The lowest BCUT2D eigenvalue weighted by Crippen LogP contribution is -2.53. The number of halogens is 1. The van der Waals surface area contributed by atoms with Crippen molar-refractivity contribution < 1.29 is 19.1 Å². The number of methoxy groups -OCH3 is 1. The first-order chi connectivity index (χ1) is 16.3. The minimum atomic E-state index is -0.119. The number of amides is 2. The molecule has 0 aromatic heterocycles. The summed E-state index contributed by atoms with van der Waals surface area (Å²) in [6.07, 6.45) is 8.17. The fraction of sp³-hybridized carbons (Fsp3) is 0.556. The SMILES string of the molecule is COC1=C[C@@H]2CC(=O)N([C@H]3CC[C@H](NC(C)=O)CC3)C(c3ccc(Cl)cc3)C2C=C1OC(C)C. The Hall–Kier alpha value is -2.47. The van der Waals surface area contributed by atoms with Gasteiger partial charge < -0.3 is 19.7 Å². The van der Waals surface area contributed by atoms with E-state index in [1.807, 2.05) is 38.1 Å². The molecule has 1 aromatic rings. The van der Waals surface area contributed by atoms with Crippen LogP contribution in [0, 0.1) is 11.8 Å². The average Bonchev–Trinajstić information content (AvgIpc) is 2.79. The fourth-order valence-corrected chi connectivity index (χ4v) is 5.84. The number of allylic oxidation sites excluding steroid dienone is 1. The smallest absolute Gasteiger partial charge is 0.223 e. The van der Waals surface area contributed by atoms with Crippen molar-refractivity contribution in [2.24, 2.45) is 11.8 Å². The zero-order chi connectivity index (χ0) is 24.4. The molecule has 34 heavy (non-hydrogen) atoms. The number of carbonyl (C=O) groups is 2. The maximum atomic E-state index is 13.6. The lowest BCUT2D eigenvalue weighted by molar-refractivity contribution is -0.145. The Morgan fingerprint density at radius 3 is 2.35 bits per heavy atom. The van der Waals surface area contributed by atoms with Gasteiger partial charge in [0.15, 0.2) is 11.5 Å². The van der Waals surface area contributed by atoms with Crippen LogP contribution in [0.3, 0.4) is 0 Å². The molecule has 6 nitrogen and oxygen atoms in total. The number of ether oxygens (including phenoxy) is 2. The number of carbonyl (C=O) groups excluding carboxylic acids is 2. The number of nitrogens with zero attached hydrogens (tertiary/aromatic N) is 1. The lowest BCUT2D eigenvalue weighted by atomic mass is 9.72. The highest BCUT2D eigenvalue weighted by atomic mass is 35.5. The predicted octanol–water partition coefficient (Wildman–Crippen LogP) is 5.15. The Morgan fingerprint density at radius 2 is 1.76 bits per heavy atom. The van der Waals surface area contributed by atoms with Gasteiger partial charge in [-0.25, -0.2) is 0 Å². The molecule has 184 valence electrons. The summed E-state index contributed by atoms with van der Waals surface area (Å²) in [4.78, 5) is 27.2. The van der Waals surface area contributed by atoms with E-state index in [2.05, 4.69) is 22.4 Å². The average molecular weight is 487 g/mol. The molecule has 4 rings (SSSR count). The highest BCUT2D eigenvalue weighted by Gasteiger charge is 2.46. The maximum absolute atomic E-state index is 13.6. The molecular weight excluding hydrogens is 452 g/mol. The largest absolute Gasteiger partial charge is 0.493 e. The molecule has 1 N–H and O–H groups in total. The molecule has 2 unspecified atom stereocenters. The first kappa shape index (κ1) is 24.6. The number of rotatable bonds is 6. The normalized spacial score (nSPS) is 29.2. The third kappa shape index (κ3) is 5.27. The van der Waals surface area contributed by atoms with Crippen molar-refractivity contribution in [1.29, 1.82) is 0 Å². The van der Waals surface area contributed by atoms with Gasteiger partial charge in [-0.3, -0.25) is 9.59 Å². The van der Waals surface area contributed by atoms with Gasteiger partial charge in [0.05, 0.1) is 19.3 Å². The Morgan fingerprint density at radius 1 is 1.09 bits per heavy atom. The Labute approximate surface area is 207 Å². The molecule has 1 saturated carbocycles. The molecule has 1 saturated heterocycles. The summed E-state index contributed by atoms with van der Waals surface area (Å²) in [5, 5.41) is 3.72. The van der Waals surface area contributed by atoms with Gasteiger partial charge in [0, 0.05) is 36.4 Å². The van der Waals surface area contributed by atoms with Crippen molar-refractivity contribution in [2.45, 2.75) is 77.1 Å². The van der Waals surface area contributed by atoms with Gasteiger partial charge in [0.25, 0.3) is 0 Å². The number of benzene rings is 1. The molecule has 1 aromatic carbocycles. The summed E-state index contributed by atoms with van der Waals surface area (Å²) in [7, 11) is 1.64. The quantitative estimate of drug-likeness (QED) is 0.604. The van der Waals surface area contributed by atoms with Crippen LogP contribution in [-0.4, -0.2) is 42.0 Å². The summed E-state index contributed by atoms with van der Waals surface area (Å²) < 4.78 is 11.7. The molecule has 7 heteroatoms. The molecule has 0 spiro atoms. The minimum Gasteiger partial charge on any atom is -0.493 e. The first-order valence-corrected chi connectivity index (χ1v) is 12.6. The summed E-state index contributed by atoms with van der Waals surface area (Å²) >= 11 is 6.20. The zero-order valence-electron chi connectivity index (χ0n) is 20.4. The summed E-state index contributed by atoms with van der Waals surface area (Å²) in [5.41, 5.74) is 1.07. The van der Waals surface area contributed by atoms with Crippen LogP contribution in [0.4, 0.5) is 0 Å². The van der Waals surface area contributed by atoms with Crippen LogP contribution in [0.5, 0.6) is 0 Å². The first-order valence-electron chi connectivity index (χ1n) is 12.2. The van der Waals surface area contributed by atoms with E-state index in [1.165, 1.54) is 0 Å². The molecule has 0 radical (unpaired) electrons. The van der Waals surface area contributed by atoms with Gasteiger partial charge in [-0.15, -0.1) is 0 Å².